The van der Waals surface area contributed by atoms with Crippen molar-refractivity contribution in [1.29, 1.82) is 0 Å². The number of halogens is 2. The lowest BCUT2D eigenvalue weighted by Crippen LogP contribution is -2.29. The minimum atomic E-state index is -0.527. The molecule has 1 aliphatic rings. The van der Waals surface area contributed by atoms with Gasteiger partial charge in [-0.05, 0) is 17.7 Å². The normalized spacial score (nSPS) is 14.2. The van der Waals surface area contributed by atoms with Crippen LogP contribution in [0.4, 0.5) is 8.78 Å². The Kier molecular flexibility index (Phi) is 6.13. The number of nitrogens with zero attached hydrogens (tertiary/aromatic N) is 4. The summed E-state index contributed by atoms with van der Waals surface area (Å²) in [6, 6.07) is 13.5. The Morgan fingerprint density at radius 1 is 0.967 bits per heavy atom. The molecule has 0 radical (unpaired) electrons. The zero-order chi connectivity index (χ0) is 20.9. The van der Waals surface area contributed by atoms with Gasteiger partial charge in [0.1, 0.15) is 17.5 Å². The van der Waals surface area contributed by atoms with Gasteiger partial charge in [-0.15, -0.1) is 10.2 Å². The summed E-state index contributed by atoms with van der Waals surface area (Å²) >= 11 is 0. The fourth-order valence-corrected chi connectivity index (χ4v) is 3.64. The van der Waals surface area contributed by atoms with Gasteiger partial charge in [0, 0.05) is 38.2 Å². The third-order valence-corrected chi connectivity index (χ3v) is 5.29. The van der Waals surface area contributed by atoms with Crippen molar-refractivity contribution in [2.45, 2.75) is 32.5 Å². The van der Waals surface area contributed by atoms with Gasteiger partial charge in [0.15, 0.2) is 5.82 Å². The van der Waals surface area contributed by atoms with Gasteiger partial charge >= 0.3 is 0 Å². The fraction of sp³-hybridized carbons (Fsp3) is 0.318. The number of carbonyl (C=O) groups excluding carboxylic acids is 1. The predicted octanol–water partition coefficient (Wildman–Crippen LogP) is 2.47. The lowest BCUT2D eigenvalue weighted by molar-refractivity contribution is -0.120. The Morgan fingerprint density at radius 3 is 2.50 bits per heavy atom. The smallest absolute Gasteiger partial charge is 0.224 e. The number of amides is 1. The zero-order valence-electron chi connectivity index (χ0n) is 16.5. The molecule has 30 heavy (non-hydrogen) atoms. The van der Waals surface area contributed by atoms with Gasteiger partial charge in [0.25, 0.3) is 0 Å². The average molecular weight is 411 g/mol. The molecule has 0 unspecified atom stereocenters. The van der Waals surface area contributed by atoms with E-state index in [1.165, 1.54) is 18.2 Å². The van der Waals surface area contributed by atoms with E-state index in [9.17, 15) is 13.6 Å². The standard InChI is InChI=1S/C22H23F2N5O/c23-18-7-4-8-19(24)17(18)15-28-10-9-20-26-27-21(29(20)12-11-28)14-25-22(30)13-16-5-2-1-3-6-16/h1-8H,9-15H2,(H,25,30). The molecule has 1 N–H and O–H groups in total. The minimum Gasteiger partial charge on any atom is -0.349 e. The van der Waals surface area contributed by atoms with Crippen LogP contribution in [0.1, 0.15) is 22.8 Å². The molecule has 2 heterocycles. The lowest BCUT2D eigenvalue weighted by Gasteiger charge is -2.20. The largest absolute Gasteiger partial charge is 0.349 e. The van der Waals surface area contributed by atoms with Crippen LogP contribution in [0.2, 0.25) is 0 Å². The first-order valence-electron chi connectivity index (χ1n) is 9.97. The van der Waals surface area contributed by atoms with E-state index >= 15 is 0 Å². The molecular formula is C22H23F2N5O. The molecule has 4 rings (SSSR count). The summed E-state index contributed by atoms with van der Waals surface area (Å²) in [5.41, 5.74) is 1.04. The second-order valence-electron chi connectivity index (χ2n) is 7.35. The summed E-state index contributed by atoms with van der Waals surface area (Å²) in [6.45, 7) is 2.35. The van der Waals surface area contributed by atoms with E-state index in [4.69, 9.17) is 0 Å². The third kappa shape index (κ3) is 4.71. The van der Waals surface area contributed by atoms with Crippen LogP contribution in [0, 0.1) is 11.6 Å². The quantitative estimate of drug-likeness (QED) is 0.677. The van der Waals surface area contributed by atoms with E-state index in [-0.39, 0.29) is 18.0 Å². The van der Waals surface area contributed by atoms with Crippen molar-refractivity contribution in [1.82, 2.24) is 25.0 Å². The number of hydrogen-bond donors (Lipinski definition) is 1. The van der Waals surface area contributed by atoms with Crippen molar-refractivity contribution in [3.63, 3.8) is 0 Å². The first-order chi connectivity index (χ1) is 14.6. The van der Waals surface area contributed by atoms with Crippen molar-refractivity contribution < 1.29 is 13.6 Å². The van der Waals surface area contributed by atoms with Gasteiger partial charge < -0.3 is 9.88 Å². The van der Waals surface area contributed by atoms with Gasteiger partial charge in [-0.2, -0.15) is 0 Å². The second kappa shape index (κ2) is 9.13. The highest BCUT2D eigenvalue weighted by atomic mass is 19.1. The van der Waals surface area contributed by atoms with Gasteiger partial charge in [-0.25, -0.2) is 8.78 Å². The molecule has 156 valence electrons. The van der Waals surface area contributed by atoms with Crippen molar-refractivity contribution >= 4 is 5.91 Å². The van der Waals surface area contributed by atoms with Crippen molar-refractivity contribution in [3.05, 3.63) is 82.9 Å². The van der Waals surface area contributed by atoms with E-state index < -0.39 is 11.6 Å². The molecule has 6 nitrogen and oxygen atoms in total. The molecule has 1 aliphatic heterocycles. The number of carbonyl (C=O) groups is 1. The molecule has 3 aromatic rings. The van der Waals surface area contributed by atoms with Crippen LogP contribution in [-0.2, 0) is 37.3 Å². The molecule has 0 fully saturated rings. The van der Waals surface area contributed by atoms with Crippen LogP contribution in [0.5, 0.6) is 0 Å². The maximum absolute atomic E-state index is 14.0. The van der Waals surface area contributed by atoms with Gasteiger partial charge in [0.2, 0.25) is 5.91 Å². The number of fused-ring (bicyclic) bond motifs is 1. The van der Waals surface area contributed by atoms with E-state index in [1.54, 1.807) is 0 Å². The summed E-state index contributed by atoms with van der Waals surface area (Å²) in [5, 5.41) is 11.4. The monoisotopic (exact) mass is 411 g/mol. The zero-order valence-corrected chi connectivity index (χ0v) is 16.5. The molecular weight excluding hydrogens is 388 g/mol. The summed E-state index contributed by atoms with van der Waals surface area (Å²) in [5.74, 6) is 0.369. The number of aromatic nitrogens is 3. The van der Waals surface area contributed by atoms with Crippen molar-refractivity contribution in [2.24, 2.45) is 0 Å². The van der Waals surface area contributed by atoms with E-state index in [0.717, 1.165) is 11.4 Å². The molecule has 0 saturated carbocycles. The first-order valence-corrected chi connectivity index (χ1v) is 9.97. The summed E-state index contributed by atoms with van der Waals surface area (Å²) < 4.78 is 29.9. The molecule has 0 saturated heterocycles. The Hall–Kier alpha value is -3.13. The summed E-state index contributed by atoms with van der Waals surface area (Å²) in [4.78, 5) is 14.2. The Balaban J connectivity index is 1.35. The van der Waals surface area contributed by atoms with Crippen LogP contribution >= 0.6 is 0 Å². The third-order valence-electron chi connectivity index (χ3n) is 5.29. The second-order valence-corrected chi connectivity index (χ2v) is 7.35. The molecule has 1 amide bonds. The van der Waals surface area contributed by atoms with E-state index in [0.29, 0.717) is 44.8 Å². The highest BCUT2D eigenvalue weighted by Crippen LogP contribution is 2.17. The number of hydrogen-bond acceptors (Lipinski definition) is 4. The fourth-order valence-electron chi connectivity index (χ4n) is 3.64. The first kappa shape index (κ1) is 20.2. The number of benzene rings is 2. The Labute approximate surface area is 173 Å². The van der Waals surface area contributed by atoms with Crippen molar-refractivity contribution in [3.8, 4) is 0 Å². The molecule has 0 bridgehead atoms. The predicted molar refractivity (Wildman–Crippen MR) is 107 cm³/mol. The van der Waals surface area contributed by atoms with E-state index in [1.807, 2.05) is 39.8 Å². The molecule has 0 spiro atoms. The van der Waals surface area contributed by atoms with Crippen LogP contribution in [-0.4, -0.2) is 38.7 Å². The topological polar surface area (TPSA) is 63.1 Å². The summed E-state index contributed by atoms with van der Waals surface area (Å²) in [6.07, 6.45) is 0.935. The molecule has 0 aliphatic carbocycles. The highest BCUT2D eigenvalue weighted by molar-refractivity contribution is 5.78. The Morgan fingerprint density at radius 2 is 1.73 bits per heavy atom. The van der Waals surface area contributed by atoms with Crippen molar-refractivity contribution in [2.75, 3.05) is 13.1 Å². The average Bonchev–Trinajstić information content (AvgIpc) is 3.02. The maximum atomic E-state index is 14.0. The maximum Gasteiger partial charge on any atom is 0.224 e. The van der Waals surface area contributed by atoms with Crippen LogP contribution in [0.3, 0.4) is 0 Å². The van der Waals surface area contributed by atoms with Crippen LogP contribution in [0.25, 0.3) is 0 Å². The molecule has 2 aromatic carbocycles. The Bertz CT molecular complexity index is 1000. The van der Waals surface area contributed by atoms with Gasteiger partial charge in [-0.3, -0.25) is 9.69 Å². The number of rotatable bonds is 6. The molecule has 1 aromatic heterocycles. The minimum absolute atomic E-state index is 0.0798. The lowest BCUT2D eigenvalue weighted by atomic mass is 10.1. The van der Waals surface area contributed by atoms with Crippen LogP contribution in [0.15, 0.2) is 48.5 Å². The molecule has 0 atom stereocenters. The molecule has 8 heteroatoms. The SMILES string of the molecule is O=C(Cc1ccccc1)NCc1nnc2n1CCN(Cc1c(F)cccc1F)CC2. The van der Waals surface area contributed by atoms with Gasteiger partial charge in [0.05, 0.1) is 13.0 Å². The van der Waals surface area contributed by atoms with E-state index in [2.05, 4.69) is 15.5 Å². The van der Waals surface area contributed by atoms with Gasteiger partial charge in [-0.1, -0.05) is 36.4 Å². The highest BCUT2D eigenvalue weighted by Gasteiger charge is 2.21. The summed E-state index contributed by atoms with van der Waals surface area (Å²) in [7, 11) is 0. The van der Waals surface area contributed by atoms with Crippen LogP contribution < -0.4 is 5.32 Å². The number of nitrogens with one attached hydrogen (secondary N) is 1.